The van der Waals surface area contributed by atoms with Gasteiger partial charge in [0.1, 0.15) is 0 Å². The normalized spacial score (nSPS) is 20.3. The van der Waals surface area contributed by atoms with Gasteiger partial charge in [0.2, 0.25) is 0 Å². The van der Waals surface area contributed by atoms with Crippen LogP contribution in [0.5, 0.6) is 0 Å². The zero-order chi connectivity index (χ0) is 20.9. The van der Waals surface area contributed by atoms with Crippen LogP contribution >= 0.6 is 23.4 Å². The van der Waals surface area contributed by atoms with E-state index in [1.54, 1.807) is 21.9 Å². The summed E-state index contributed by atoms with van der Waals surface area (Å²) >= 11 is 7.88. The van der Waals surface area contributed by atoms with E-state index in [-0.39, 0.29) is 17.6 Å². The standard InChI is InChI=1S/C23H19ClN2O3S/c1-15-8-9-19-17(13-15)23(22(28)25(19)14-16-5-2-3-6-18(16)24)26(10-12-30-23)21(27)20-7-4-11-29-20/h2-9,11,13H,10,12,14H2,1H3/t23-/m0/s1. The van der Waals surface area contributed by atoms with Crippen LogP contribution in [0.3, 0.4) is 0 Å². The largest absolute Gasteiger partial charge is 0.459 e. The van der Waals surface area contributed by atoms with Crippen LogP contribution in [-0.4, -0.2) is 29.0 Å². The van der Waals surface area contributed by atoms with Gasteiger partial charge in [0.25, 0.3) is 11.8 Å². The van der Waals surface area contributed by atoms with Crippen LogP contribution in [0.2, 0.25) is 5.02 Å². The van der Waals surface area contributed by atoms with Gasteiger partial charge in [-0.3, -0.25) is 9.59 Å². The highest BCUT2D eigenvalue weighted by Crippen LogP contribution is 2.55. The number of benzene rings is 2. The van der Waals surface area contributed by atoms with Crippen molar-refractivity contribution in [3.63, 3.8) is 0 Å². The Bertz CT molecular complexity index is 1150. The average molecular weight is 439 g/mol. The van der Waals surface area contributed by atoms with Crippen molar-refractivity contribution >= 4 is 40.9 Å². The van der Waals surface area contributed by atoms with Crippen molar-refractivity contribution in [3.8, 4) is 0 Å². The number of anilines is 1. The zero-order valence-electron chi connectivity index (χ0n) is 16.3. The average Bonchev–Trinajstić information content (AvgIpc) is 3.47. The van der Waals surface area contributed by atoms with Crippen LogP contribution in [-0.2, 0) is 16.2 Å². The van der Waals surface area contributed by atoms with Crippen molar-refractivity contribution in [2.24, 2.45) is 0 Å². The van der Waals surface area contributed by atoms with Crippen molar-refractivity contribution in [2.45, 2.75) is 18.3 Å². The number of aryl methyl sites for hydroxylation is 1. The molecule has 2 aliphatic rings. The lowest BCUT2D eigenvalue weighted by atomic mass is 10.0. The molecule has 0 radical (unpaired) electrons. The van der Waals surface area contributed by atoms with E-state index >= 15 is 0 Å². The topological polar surface area (TPSA) is 53.8 Å². The van der Waals surface area contributed by atoms with Crippen LogP contribution < -0.4 is 4.90 Å². The predicted octanol–water partition coefficient (Wildman–Crippen LogP) is 4.83. The summed E-state index contributed by atoms with van der Waals surface area (Å²) < 4.78 is 5.35. The first-order chi connectivity index (χ1) is 14.5. The van der Waals surface area contributed by atoms with Gasteiger partial charge in [0.15, 0.2) is 10.6 Å². The molecule has 5 rings (SSSR count). The fraction of sp³-hybridized carbons (Fsp3) is 0.217. The molecule has 7 heteroatoms. The van der Waals surface area contributed by atoms with Crippen LogP contribution in [0.15, 0.2) is 65.3 Å². The number of halogens is 1. The molecule has 152 valence electrons. The van der Waals surface area contributed by atoms with Crippen molar-refractivity contribution in [1.82, 2.24) is 4.90 Å². The number of rotatable bonds is 3. The van der Waals surface area contributed by atoms with Crippen LogP contribution in [0, 0.1) is 6.92 Å². The molecule has 30 heavy (non-hydrogen) atoms. The Kier molecular flexibility index (Phi) is 4.64. The third-order valence-electron chi connectivity index (χ3n) is 5.61. The van der Waals surface area contributed by atoms with Gasteiger partial charge in [0, 0.05) is 22.9 Å². The first kappa shape index (κ1) is 19.3. The highest BCUT2D eigenvalue weighted by atomic mass is 35.5. The number of hydrogen-bond donors (Lipinski definition) is 0. The van der Waals surface area contributed by atoms with E-state index in [0.717, 1.165) is 22.4 Å². The van der Waals surface area contributed by atoms with E-state index in [2.05, 4.69) is 0 Å². The molecular formula is C23H19ClN2O3S. The molecule has 1 fully saturated rings. The molecule has 0 saturated carbocycles. The molecular weight excluding hydrogens is 420 g/mol. The lowest BCUT2D eigenvalue weighted by Crippen LogP contribution is -2.50. The summed E-state index contributed by atoms with van der Waals surface area (Å²) in [6, 6.07) is 16.8. The number of carbonyl (C=O) groups is 2. The van der Waals surface area contributed by atoms with Gasteiger partial charge in [-0.1, -0.05) is 47.5 Å². The number of furan rings is 1. The summed E-state index contributed by atoms with van der Waals surface area (Å²) in [7, 11) is 0. The number of fused-ring (bicyclic) bond motifs is 2. The predicted molar refractivity (Wildman–Crippen MR) is 118 cm³/mol. The summed E-state index contributed by atoms with van der Waals surface area (Å²) in [5, 5.41) is 0.613. The van der Waals surface area contributed by atoms with Crippen molar-refractivity contribution in [3.05, 3.63) is 88.3 Å². The summed E-state index contributed by atoms with van der Waals surface area (Å²) in [6.07, 6.45) is 1.47. The quantitative estimate of drug-likeness (QED) is 0.587. The van der Waals surface area contributed by atoms with Crippen molar-refractivity contribution in [2.75, 3.05) is 17.2 Å². The van der Waals surface area contributed by atoms with Gasteiger partial charge < -0.3 is 14.2 Å². The lowest BCUT2D eigenvalue weighted by Gasteiger charge is -2.32. The van der Waals surface area contributed by atoms with Crippen LogP contribution in [0.4, 0.5) is 5.69 Å². The molecule has 0 bridgehead atoms. The van der Waals surface area contributed by atoms with E-state index in [0.29, 0.717) is 23.9 Å². The summed E-state index contributed by atoms with van der Waals surface area (Å²) in [5.74, 6) is 0.519. The number of hydrogen-bond acceptors (Lipinski definition) is 4. The third-order valence-corrected chi connectivity index (χ3v) is 7.40. The zero-order valence-corrected chi connectivity index (χ0v) is 17.9. The van der Waals surface area contributed by atoms with E-state index in [4.69, 9.17) is 16.0 Å². The highest BCUT2D eigenvalue weighted by Gasteiger charge is 2.59. The molecule has 2 amide bonds. The Balaban J connectivity index is 1.62. The Morgan fingerprint density at radius 1 is 1.20 bits per heavy atom. The van der Waals surface area contributed by atoms with Crippen LogP contribution in [0.1, 0.15) is 27.2 Å². The van der Waals surface area contributed by atoms with E-state index in [1.807, 2.05) is 49.4 Å². The highest BCUT2D eigenvalue weighted by molar-refractivity contribution is 8.01. The Morgan fingerprint density at radius 2 is 2.03 bits per heavy atom. The molecule has 3 aromatic rings. The van der Waals surface area contributed by atoms with Gasteiger partial charge >= 0.3 is 0 Å². The van der Waals surface area contributed by atoms with E-state index < -0.39 is 4.87 Å². The molecule has 2 aromatic carbocycles. The molecule has 1 atom stereocenters. The fourth-order valence-electron chi connectivity index (χ4n) is 4.22. The lowest BCUT2D eigenvalue weighted by molar-refractivity contribution is -0.123. The second-order valence-electron chi connectivity index (χ2n) is 7.43. The summed E-state index contributed by atoms with van der Waals surface area (Å²) in [6.45, 7) is 2.82. The minimum absolute atomic E-state index is 0.120. The van der Waals surface area contributed by atoms with Crippen LogP contribution in [0.25, 0.3) is 0 Å². The smallest absolute Gasteiger partial charge is 0.291 e. The first-order valence-corrected chi connectivity index (χ1v) is 11.0. The number of thioether (sulfide) groups is 1. The van der Waals surface area contributed by atoms with Gasteiger partial charge in [-0.2, -0.15) is 0 Å². The van der Waals surface area contributed by atoms with Gasteiger partial charge in [-0.15, -0.1) is 11.8 Å². The molecule has 0 unspecified atom stereocenters. The van der Waals surface area contributed by atoms with Crippen molar-refractivity contribution in [1.29, 1.82) is 0 Å². The third kappa shape index (κ3) is 2.78. The monoisotopic (exact) mass is 438 g/mol. The van der Waals surface area contributed by atoms with E-state index in [1.165, 1.54) is 18.0 Å². The minimum Gasteiger partial charge on any atom is -0.459 e. The van der Waals surface area contributed by atoms with Gasteiger partial charge in [-0.25, -0.2) is 0 Å². The first-order valence-electron chi connectivity index (χ1n) is 9.68. The molecule has 3 heterocycles. The summed E-state index contributed by atoms with van der Waals surface area (Å²) in [5.41, 5.74) is 3.57. The fourth-order valence-corrected chi connectivity index (χ4v) is 5.86. The maximum atomic E-state index is 13.9. The molecule has 1 spiro atoms. The van der Waals surface area contributed by atoms with Crippen molar-refractivity contribution < 1.29 is 14.0 Å². The second kappa shape index (κ2) is 7.22. The number of carbonyl (C=O) groups excluding carboxylic acids is 2. The Labute approximate surface area is 183 Å². The molecule has 5 nitrogen and oxygen atoms in total. The molecule has 2 aliphatic heterocycles. The van der Waals surface area contributed by atoms with E-state index in [9.17, 15) is 9.59 Å². The number of amides is 2. The van der Waals surface area contributed by atoms with Gasteiger partial charge in [-0.05, 0) is 36.8 Å². The maximum Gasteiger partial charge on any atom is 0.291 e. The molecule has 0 N–H and O–H groups in total. The molecule has 1 saturated heterocycles. The minimum atomic E-state index is -1.09. The second-order valence-corrected chi connectivity index (χ2v) is 9.12. The number of nitrogens with zero attached hydrogens (tertiary/aromatic N) is 2. The molecule has 0 aliphatic carbocycles. The molecule has 1 aromatic heterocycles. The summed E-state index contributed by atoms with van der Waals surface area (Å²) in [4.78, 5) is 29.5. The maximum absolute atomic E-state index is 13.9. The Morgan fingerprint density at radius 3 is 2.80 bits per heavy atom. The van der Waals surface area contributed by atoms with Gasteiger partial charge in [0.05, 0.1) is 18.5 Å². The Hall–Kier alpha value is -2.70. The SMILES string of the molecule is Cc1ccc2c(c1)[C@]1(SCCN1C(=O)c1ccco1)C(=O)N2Cc1ccccc1Cl.